The molecule has 2 rings (SSSR count). The van der Waals surface area contributed by atoms with Gasteiger partial charge < -0.3 is 28.4 Å². The summed E-state index contributed by atoms with van der Waals surface area (Å²) in [5.41, 5.74) is -3.05. The zero-order valence-corrected chi connectivity index (χ0v) is 19.6. The van der Waals surface area contributed by atoms with Gasteiger partial charge in [-0.2, -0.15) is 0 Å². The van der Waals surface area contributed by atoms with E-state index in [1.54, 1.807) is 41.5 Å². The lowest BCUT2D eigenvalue weighted by atomic mass is 9.82. The fourth-order valence-electron chi connectivity index (χ4n) is 3.28. The molecular weight excluding hydrogens is 392 g/mol. The van der Waals surface area contributed by atoms with Gasteiger partial charge in [0.05, 0.1) is 24.4 Å². The topological polar surface area (TPSA) is 89.5 Å². The van der Waals surface area contributed by atoms with Gasteiger partial charge >= 0.3 is 11.9 Å². The molecule has 170 valence electrons. The molecule has 8 nitrogen and oxygen atoms in total. The highest BCUT2D eigenvalue weighted by molar-refractivity contribution is 5.93. The van der Waals surface area contributed by atoms with E-state index < -0.39 is 23.1 Å². The third kappa shape index (κ3) is 4.23. The number of rotatable bonds is 9. The average molecular weight is 427 g/mol. The minimum atomic E-state index is -1.53. The van der Waals surface area contributed by atoms with Crippen LogP contribution in [0.15, 0.2) is 23.0 Å². The molecular formula is C22H34O8. The Hall–Kier alpha value is -2.38. The van der Waals surface area contributed by atoms with Crippen molar-refractivity contribution < 1.29 is 38.0 Å². The van der Waals surface area contributed by atoms with Crippen molar-refractivity contribution in [2.24, 2.45) is 0 Å². The molecule has 0 saturated heterocycles. The van der Waals surface area contributed by atoms with Crippen LogP contribution in [0.5, 0.6) is 0 Å². The van der Waals surface area contributed by atoms with Gasteiger partial charge in [0.1, 0.15) is 0 Å². The molecule has 2 atom stereocenters. The predicted molar refractivity (Wildman–Crippen MR) is 108 cm³/mol. The van der Waals surface area contributed by atoms with Crippen molar-refractivity contribution in [1.29, 1.82) is 0 Å². The van der Waals surface area contributed by atoms with Gasteiger partial charge in [-0.05, 0) is 69.2 Å². The first kappa shape index (κ1) is 23.9. The van der Waals surface area contributed by atoms with Crippen LogP contribution in [0.25, 0.3) is 0 Å². The van der Waals surface area contributed by atoms with Gasteiger partial charge in [-0.1, -0.05) is 0 Å². The molecule has 0 aromatic carbocycles. The highest BCUT2D eigenvalue weighted by Crippen LogP contribution is 2.51. The quantitative estimate of drug-likeness (QED) is 0.515. The number of esters is 2. The van der Waals surface area contributed by atoms with E-state index in [1.165, 1.54) is 0 Å². The van der Waals surface area contributed by atoms with Crippen LogP contribution < -0.4 is 0 Å². The van der Waals surface area contributed by atoms with Crippen LogP contribution in [0.3, 0.4) is 0 Å². The van der Waals surface area contributed by atoms with Crippen molar-refractivity contribution >= 4 is 11.9 Å². The molecule has 0 spiro atoms. The minimum Gasteiger partial charge on any atom is -0.487 e. The van der Waals surface area contributed by atoms with Gasteiger partial charge in [-0.25, -0.2) is 9.59 Å². The Kier molecular flexibility index (Phi) is 6.69. The third-order valence-corrected chi connectivity index (χ3v) is 4.57. The van der Waals surface area contributed by atoms with Crippen molar-refractivity contribution in [1.82, 2.24) is 0 Å². The zero-order chi connectivity index (χ0) is 23.0. The molecule has 0 unspecified atom stereocenters. The molecule has 0 aromatic rings. The molecule has 2 heterocycles. The van der Waals surface area contributed by atoms with Crippen LogP contribution in [0.4, 0.5) is 0 Å². The van der Waals surface area contributed by atoms with Crippen LogP contribution in [-0.2, 0) is 38.0 Å². The van der Waals surface area contributed by atoms with Crippen molar-refractivity contribution in [2.45, 2.75) is 105 Å². The summed E-state index contributed by atoms with van der Waals surface area (Å²) in [5, 5.41) is 0. The largest absolute Gasteiger partial charge is 0.487 e. The zero-order valence-electron chi connectivity index (χ0n) is 19.6. The summed E-state index contributed by atoms with van der Waals surface area (Å²) in [6.45, 7) is 17.7. The van der Waals surface area contributed by atoms with Crippen molar-refractivity contribution in [3.8, 4) is 0 Å². The molecule has 0 amide bonds. The second-order valence-corrected chi connectivity index (χ2v) is 8.83. The first-order valence-electron chi connectivity index (χ1n) is 10.4. The fourth-order valence-corrected chi connectivity index (χ4v) is 3.28. The van der Waals surface area contributed by atoms with Crippen LogP contribution in [0.1, 0.15) is 69.2 Å². The molecule has 8 heteroatoms. The number of ether oxygens (including phenoxy) is 6. The van der Waals surface area contributed by atoms with E-state index in [2.05, 4.69) is 0 Å². The summed E-state index contributed by atoms with van der Waals surface area (Å²) in [7, 11) is 0. The lowest BCUT2D eigenvalue weighted by Crippen LogP contribution is -2.55. The van der Waals surface area contributed by atoms with Crippen LogP contribution in [0, 0.1) is 0 Å². The molecule has 0 aromatic heterocycles. The maximum absolute atomic E-state index is 12.8. The molecule has 0 fully saturated rings. The number of cyclic esters (lactones) is 2. The second kappa shape index (κ2) is 8.40. The first-order chi connectivity index (χ1) is 13.7. The highest BCUT2D eigenvalue weighted by atomic mass is 16.7. The molecule has 0 aliphatic carbocycles. The maximum atomic E-state index is 12.8. The Labute approximate surface area is 178 Å². The van der Waals surface area contributed by atoms with E-state index in [9.17, 15) is 9.59 Å². The van der Waals surface area contributed by atoms with E-state index in [1.807, 2.05) is 27.7 Å². The Balaban J connectivity index is 2.69. The molecule has 2 aliphatic rings. The Morgan fingerprint density at radius 3 is 1.07 bits per heavy atom. The van der Waals surface area contributed by atoms with Crippen molar-refractivity contribution in [3.05, 3.63) is 23.0 Å². The number of hydrogen-bond donors (Lipinski definition) is 0. The smallest absolute Gasteiger partial charge is 0.378 e. The fraction of sp³-hybridized carbons (Fsp3) is 0.727. The van der Waals surface area contributed by atoms with Crippen LogP contribution in [-0.4, -0.2) is 47.6 Å². The maximum Gasteiger partial charge on any atom is 0.378 e. The Morgan fingerprint density at radius 1 is 0.567 bits per heavy atom. The lowest BCUT2D eigenvalue weighted by molar-refractivity contribution is -0.189. The van der Waals surface area contributed by atoms with Crippen molar-refractivity contribution in [3.63, 3.8) is 0 Å². The average Bonchev–Trinajstić information content (AvgIpc) is 2.94. The van der Waals surface area contributed by atoms with Gasteiger partial charge in [0, 0.05) is 0 Å². The van der Waals surface area contributed by atoms with Crippen LogP contribution in [0.2, 0.25) is 0 Å². The summed E-state index contributed by atoms with van der Waals surface area (Å²) in [6.07, 6.45) is -1.15. The number of carbonyl (C=O) groups excluding carboxylic acids is 2. The summed E-state index contributed by atoms with van der Waals surface area (Å²) in [5.74, 6) is -1.16. The summed E-state index contributed by atoms with van der Waals surface area (Å²) < 4.78 is 35.0. The molecule has 0 bridgehead atoms. The normalized spacial score (nSPS) is 26.9. The lowest BCUT2D eigenvalue weighted by Gasteiger charge is -2.40. The summed E-state index contributed by atoms with van der Waals surface area (Å²) >= 11 is 0. The van der Waals surface area contributed by atoms with Gasteiger partial charge in [0.25, 0.3) is 0 Å². The van der Waals surface area contributed by atoms with Crippen molar-refractivity contribution in [2.75, 3.05) is 0 Å². The molecule has 30 heavy (non-hydrogen) atoms. The molecule has 2 aliphatic heterocycles. The van der Waals surface area contributed by atoms with E-state index in [0.717, 1.165) is 0 Å². The van der Waals surface area contributed by atoms with E-state index in [4.69, 9.17) is 28.4 Å². The standard InChI is InChI=1S/C22H34O8/c1-11(2)25-15-17(27-13(5)6)21(9,29-19(15)23)22(10)18(28-14(7)8)16(20(24)30-22)26-12(3)4/h11-14H,1-10H3/t21-,22+. The molecule has 0 saturated carbocycles. The van der Waals surface area contributed by atoms with E-state index in [-0.39, 0.29) is 47.5 Å². The van der Waals surface area contributed by atoms with Gasteiger partial charge in [-0.15, -0.1) is 0 Å². The monoisotopic (exact) mass is 426 g/mol. The minimum absolute atomic E-state index is 0.0411. The third-order valence-electron chi connectivity index (χ3n) is 4.57. The summed E-state index contributed by atoms with van der Waals surface area (Å²) in [4.78, 5) is 25.5. The summed E-state index contributed by atoms with van der Waals surface area (Å²) in [6, 6.07) is 0. The Morgan fingerprint density at radius 2 is 0.833 bits per heavy atom. The van der Waals surface area contributed by atoms with Gasteiger partial charge in [-0.3, -0.25) is 0 Å². The van der Waals surface area contributed by atoms with Gasteiger partial charge in [0.2, 0.25) is 22.7 Å². The molecule has 0 radical (unpaired) electrons. The number of carbonyl (C=O) groups is 2. The van der Waals surface area contributed by atoms with Crippen LogP contribution >= 0.6 is 0 Å². The predicted octanol–water partition coefficient (Wildman–Crippen LogP) is 3.74. The SMILES string of the molecule is CC(C)OC1=C(OC(C)C)[C@@](C)([C@]2(C)OC(=O)C(OC(C)C)=C2OC(C)C)OC1=O. The Bertz CT molecular complexity index is 697. The second-order valence-electron chi connectivity index (χ2n) is 8.83. The van der Waals surface area contributed by atoms with E-state index in [0.29, 0.717) is 0 Å². The highest BCUT2D eigenvalue weighted by Gasteiger charge is 2.68. The first-order valence-corrected chi connectivity index (χ1v) is 10.4. The van der Waals surface area contributed by atoms with Gasteiger partial charge in [0.15, 0.2) is 11.5 Å². The van der Waals surface area contributed by atoms with E-state index >= 15 is 0 Å². The molecule has 0 N–H and O–H groups in total. The number of hydrogen-bond acceptors (Lipinski definition) is 8.